The van der Waals surface area contributed by atoms with Gasteiger partial charge >= 0.3 is 0 Å². The Balaban J connectivity index is 1.45. The Labute approximate surface area is 177 Å². The Morgan fingerprint density at radius 1 is 0.733 bits per heavy atom. The molecule has 1 heterocycles. The van der Waals surface area contributed by atoms with Crippen molar-refractivity contribution in [1.82, 2.24) is 15.1 Å². The van der Waals surface area contributed by atoms with Gasteiger partial charge in [0.15, 0.2) is 0 Å². The van der Waals surface area contributed by atoms with E-state index in [1.165, 1.54) is 0 Å². The second-order valence-corrected chi connectivity index (χ2v) is 7.39. The second kappa shape index (κ2) is 9.37. The molecule has 0 atom stereocenters. The number of hydrogen-bond donors (Lipinski definition) is 0. The van der Waals surface area contributed by atoms with Crippen molar-refractivity contribution < 1.29 is 9.15 Å². The molecular formula is C25H25N3O2. The van der Waals surface area contributed by atoms with Gasteiger partial charge in [-0.15, -0.1) is 10.2 Å². The lowest BCUT2D eigenvalue weighted by atomic mass is 10.0. The number of hydrogen-bond acceptors (Lipinski definition) is 5. The van der Waals surface area contributed by atoms with Gasteiger partial charge in [0.1, 0.15) is 5.75 Å². The largest absolute Gasteiger partial charge is 0.494 e. The summed E-state index contributed by atoms with van der Waals surface area (Å²) < 4.78 is 11.7. The minimum atomic E-state index is 0.495. The van der Waals surface area contributed by atoms with Gasteiger partial charge in [0.25, 0.3) is 0 Å². The third-order valence-electron chi connectivity index (χ3n) is 4.76. The molecule has 4 rings (SSSR count). The molecule has 0 bridgehead atoms. The van der Waals surface area contributed by atoms with Gasteiger partial charge in [0.2, 0.25) is 11.8 Å². The zero-order valence-corrected chi connectivity index (χ0v) is 17.3. The maximum atomic E-state index is 5.94. The molecule has 0 spiro atoms. The average Bonchev–Trinajstić information content (AvgIpc) is 3.28. The third-order valence-corrected chi connectivity index (χ3v) is 4.76. The first-order valence-electron chi connectivity index (χ1n) is 10.1. The van der Waals surface area contributed by atoms with Crippen LogP contribution in [0.5, 0.6) is 5.75 Å². The normalized spacial score (nSPS) is 11.0. The van der Waals surface area contributed by atoms with Gasteiger partial charge < -0.3 is 14.1 Å². The molecule has 4 aromatic rings. The molecule has 0 aliphatic rings. The molecule has 0 aliphatic heterocycles. The lowest BCUT2D eigenvalue weighted by Gasteiger charge is -2.10. The summed E-state index contributed by atoms with van der Waals surface area (Å²) in [4.78, 5) is 2.15. The molecule has 0 aliphatic carbocycles. The zero-order valence-electron chi connectivity index (χ0n) is 17.3. The zero-order chi connectivity index (χ0) is 20.8. The van der Waals surface area contributed by atoms with Gasteiger partial charge in [-0.2, -0.15) is 0 Å². The number of rotatable bonds is 8. The van der Waals surface area contributed by atoms with Crippen LogP contribution in [0.4, 0.5) is 0 Å². The van der Waals surface area contributed by atoms with Gasteiger partial charge in [0.05, 0.1) is 6.61 Å². The van der Waals surface area contributed by atoms with Crippen molar-refractivity contribution in [3.8, 4) is 39.8 Å². The van der Waals surface area contributed by atoms with Crippen LogP contribution in [0, 0.1) is 0 Å². The Morgan fingerprint density at radius 3 is 2.13 bits per heavy atom. The smallest absolute Gasteiger partial charge is 0.248 e. The number of aromatic nitrogens is 2. The van der Waals surface area contributed by atoms with E-state index in [9.17, 15) is 0 Å². The van der Waals surface area contributed by atoms with Crippen molar-refractivity contribution in [2.75, 3.05) is 27.2 Å². The molecule has 0 unspecified atom stereocenters. The molecule has 0 amide bonds. The lowest BCUT2D eigenvalue weighted by molar-refractivity contribution is 0.281. The van der Waals surface area contributed by atoms with Gasteiger partial charge in [0, 0.05) is 17.7 Å². The van der Waals surface area contributed by atoms with Crippen LogP contribution in [0.25, 0.3) is 34.0 Å². The predicted octanol–water partition coefficient (Wildman–Crippen LogP) is 5.40. The van der Waals surface area contributed by atoms with Crippen molar-refractivity contribution >= 4 is 0 Å². The highest BCUT2D eigenvalue weighted by molar-refractivity contribution is 5.70. The third kappa shape index (κ3) is 4.93. The van der Waals surface area contributed by atoms with Crippen LogP contribution in [0.3, 0.4) is 0 Å². The lowest BCUT2D eigenvalue weighted by Crippen LogP contribution is -2.15. The van der Waals surface area contributed by atoms with Crippen LogP contribution in [0.2, 0.25) is 0 Å². The topological polar surface area (TPSA) is 51.4 Å². The molecule has 1 aromatic heterocycles. The standard InChI is InChI=1S/C25H25N3O2/c1-28(2)16-7-17-29-23-14-12-20(13-15-23)24-26-27-25(30-24)22-11-6-10-21(18-22)19-8-4-3-5-9-19/h3-6,8-15,18H,7,16-17H2,1-2H3. The van der Waals surface area contributed by atoms with Crippen LogP contribution in [0.1, 0.15) is 6.42 Å². The van der Waals surface area contributed by atoms with Crippen molar-refractivity contribution in [2.24, 2.45) is 0 Å². The average molecular weight is 399 g/mol. The maximum absolute atomic E-state index is 5.94. The fourth-order valence-corrected chi connectivity index (χ4v) is 3.18. The Bertz CT molecular complexity index is 1070. The Kier molecular flexibility index (Phi) is 6.20. The van der Waals surface area contributed by atoms with Gasteiger partial charge in [-0.3, -0.25) is 0 Å². The predicted molar refractivity (Wildman–Crippen MR) is 119 cm³/mol. The summed E-state index contributed by atoms with van der Waals surface area (Å²) in [6.07, 6.45) is 0.990. The molecule has 3 aromatic carbocycles. The van der Waals surface area contributed by atoms with E-state index in [1.54, 1.807) is 0 Å². The molecule has 0 radical (unpaired) electrons. The summed E-state index contributed by atoms with van der Waals surface area (Å²) in [5.74, 6) is 1.84. The Morgan fingerprint density at radius 2 is 1.40 bits per heavy atom. The van der Waals surface area contributed by atoms with E-state index < -0.39 is 0 Å². The van der Waals surface area contributed by atoms with E-state index in [-0.39, 0.29) is 0 Å². The maximum Gasteiger partial charge on any atom is 0.248 e. The fraction of sp³-hybridized carbons (Fsp3) is 0.200. The van der Waals surface area contributed by atoms with E-state index in [2.05, 4.69) is 53.5 Å². The summed E-state index contributed by atoms with van der Waals surface area (Å²) in [7, 11) is 4.12. The fourth-order valence-electron chi connectivity index (χ4n) is 3.18. The van der Waals surface area contributed by atoms with E-state index >= 15 is 0 Å². The highest BCUT2D eigenvalue weighted by Gasteiger charge is 2.11. The monoisotopic (exact) mass is 399 g/mol. The van der Waals surface area contributed by atoms with E-state index in [4.69, 9.17) is 9.15 Å². The van der Waals surface area contributed by atoms with Crippen molar-refractivity contribution in [3.63, 3.8) is 0 Å². The van der Waals surface area contributed by atoms with Crippen LogP contribution in [0.15, 0.2) is 83.3 Å². The van der Waals surface area contributed by atoms with Crippen molar-refractivity contribution in [3.05, 3.63) is 78.9 Å². The second-order valence-electron chi connectivity index (χ2n) is 7.39. The van der Waals surface area contributed by atoms with E-state index in [0.717, 1.165) is 41.0 Å². The first kappa shape index (κ1) is 19.9. The SMILES string of the molecule is CN(C)CCCOc1ccc(-c2nnc(-c3cccc(-c4ccccc4)c3)o2)cc1. The van der Waals surface area contributed by atoms with Crippen LogP contribution in [-0.2, 0) is 0 Å². The molecule has 5 nitrogen and oxygen atoms in total. The molecular weight excluding hydrogens is 374 g/mol. The first-order valence-corrected chi connectivity index (χ1v) is 10.1. The van der Waals surface area contributed by atoms with Crippen LogP contribution in [-0.4, -0.2) is 42.3 Å². The molecule has 0 fully saturated rings. The molecule has 152 valence electrons. The quantitative estimate of drug-likeness (QED) is 0.371. The summed E-state index contributed by atoms with van der Waals surface area (Å²) >= 11 is 0. The van der Waals surface area contributed by atoms with Gasteiger partial charge in [-0.25, -0.2) is 0 Å². The number of nitrogens with zero attached hydrogens (tertiary/aromatic N) is 3. The summed E-state index contributed by atoms with van der Waals surface area (Å²) in [5, 5.41) is 8.47. The first-order chi connectivity index (χ1) is 14.7. The summed E-state index contributed by atoms with van der Waals surface area (Å²) in [6, 6.07) is 26.1. The molecule has 5 heteroatoms. The minimum absolute atomic E-state index is 0.495. The Hall–Kier alpha value is -3.44. The molecule has 30 heavy (non-hydrogen) atoms. The highest BCUT2D eigenvalue weighted by atomic mass is 16.5. The summed E-state index contributed by atoms with van der Waals surface area (Å²) in [5.41, 5.74) is 4.04. The van der Waals surface area contributed by atoms with Crippen molar-refractivity contribution in [2.45, 2.75) is 6.42 Å². The van der Waals surface area contributed by atoms with Crippen LogP contribution >= 0.6 is 0 Å². The minimum Gasteiger partial charge on any atom is -0.494 e. The van der Waals surface area contributed by atoms with Crippen LogP contribution < -0.4 is 4.74 Å². The number of ether oxygens (including phenoxy) is 1. The van der Waals surface area contributed by atoms with Gasteiger partial charge in [-0.05, 0) is 68.0 Å². The highest BCUT2D eigenvalue weighted by Crippen LogP contribution is 2.28. The van der Waals surface area contributed by atoms with E-state index in [1.807, 2.05) is 54.6 Å². The number of benzene rings is 3. The van der Waals surface area contributed by atoms with Crippen molar-refractivity contribution in [1.29, 1.82) is 0 Å². The molecule has 0 saturated carbocycles. The molecule has 0 N–H and O–H groups in total. The molecule has 0 saturated heterocycles. The van der Waals surface area contributed by atoms with Gasteiger partial charge in [-0.1, -0.05) is 42.5 Å². The van der Waals surface area contributed by atoms with E-state index in [0.29, 0.717) is 18.4 Å². The summed E-state index contributed by atoms with van der Waals surface area (Å²) in [6.45, 7) is 1.70.